The largest absolute Gasteiger partial charge is 0.468 e. The fraction of sp³-hybridized carbons (Fsp3) is 0.400. The number of amides is 2. The van der Waals surface area contributed by atoms with Gasteiger partial charge < -0.3 is 14.4 Å². The minimum atomic E-state index is -1.70. The van der Waals surface area contributed by atoms with Crippen LogP contribution in [-0.2, 0) is 28.7 Å². The molecule has 29 heavy (non-hydrogen) atoms. The van der Waals surface area contributed by atoms with Gasteiger partial charge in [0.15, 0.2) is 5.41 Å². The summed E-state index contributed by atoms with van der Waals surface area (Å²) < 4.78 is 10.8. The zero-order valence-corrected chi connectivity index (χ0v) is 17.5. The number of imide groups is 1. The summed E-state index contributed by atoms with van der Waals surface area (Å²) in [5.41, 5.74) is -0.147. The highest BCUT2D eigenvalue weighted by Gasteiger charge is 2.65. The van der Waals surface area contributed by atoms with E-state index in [-0.39, 0.29) is 31.1 Å². The second-order valence-electron chi connectivity index (χ2n) is 7.21. The smallest absolute Gasteiger partial charge is 0.325 e. The Labute approximate surface area is 175 Å². The third kappa shape index (κ3) is 2.71. The number of nitrogens with zero attached hydrogens (tertiary/aromatic N) is 2. The molecule has 1 aromatic rings. The Morgan fingerprint density at radius 1 is 1.10 bits per heavy atom. The predicted octanol–water partition coefficient (Wildman–Crippen LogP) is 1.86. The van der Waals surface area contributed by atoms with Crippen LogP contribution in [0.3, 0.4) is 0 Å². The van der Waals surface area contributed by atoms with Crippen molar-refractivity contribution in [3.8, 4) is 0 Å². The van der Waals surface area contributed by atoms with Gasteiger partial charge in [0, 0.05) is 29.4 Å². The van der Waals surface area contributed by atoms with E-state index in [0.717, 1.165) is 10.0 Å². The molecule has 2 fully saturated rings. The first kappa shape index (κ1) is 19.6. The van der Waals surface area contributed by atoms with Gasteiger partial charge in [-0.3, -0.25) is 24.1 Å². The number of rotatable bonds is 3. The number of anilines is 1. The highest BCUT2D eigenvalue weighted by atomic mass is 79.9. The van der Waals surface area contributed by atoms with Gasteiger partial charge >= 0.3 is 11.9 Å². The van der Waals surface area contributed by atoms with Gasteiger partial charge in [0.2, 0.25) is 11.8 Å². The fourth-order valence-electron chi connectivity index (χ4n) is 4.57. The number of benzene rings is 1. The molecule has 0 spiro atoms. The quantitative estimate of drug-likeness (QED) is 0.384. The molecular weight excluding hydrogens is 444 g/mol. The van der Waals surface area contributed by atoms with Gasteiger partial charge in [-0.05, 0) is 17.7 Å². The van der Waals surface area contributed by atoms with E-state index in [1.54, 1.807) is 11.0 Å². The molecule has 2 saturated heterocycles. The topological polar surface area (TPSA) is 93.2 Å². The van der Waals surface area contributed by atoms with Crippen molar-refractivity contribution in [2.75, 3.05) is 19.1 Å². The summed E-state index contributed by atoms with van der Waals surface area (Å²) in [7, 11) is 2.40. The van der Waals surface area contributed by atoms with E-state index in [1.165, 1.54) is 19.1 Å². The summed E-state index contributed by atoms with van der Waals surface area (Å²) in [4.78, 5) is 53.9. The molecule has 0 unspecified atom stereocenters. The lowest BCUT2D eigenvalue weighted by Crippen LogP contribution is -2.53. The molecule has 9 heteroatoms. The molecule has 3 aliphatic heterocycles. The number of methoxy groups -OCH3 is 2. The van der Waals surface area contributed by atoms with Crippen LogP contribution in [0.1, 0.15) is 24.8 Å². The average molecular weight is 463 g/mol. The van der Waals surface area contributed by atoms with Crippen LogP contribution in [0, 0.1) is 5.41 Å². The number of carbonyl (C=O) groups is 4. The maximum absolute atomic E-state index is 12.9. The van der Waals surface area contributed by atoms with E-state index in [9.17, 15) is 19.2 Å². The predicted molar refractivity (Wildman–Crippen MR) is 105 cm³/mol. The number of ether oxygens (including phenoxy) is 2. The van der Waals surface area contributed by atoms with Crippen LogP contribution in [-0.4, -0.2) is 55.1 Å². The second-order valence-corrected chi connectivity index (χ2v) is 8.13. The molecule has 2 atom stereocenters. The number of fused-ring (bicyclic) bond motifs is 3. The number of halogens is 1. The number of carbonyl (C=O) groups excluding carboxylic acids is 4. The number of hydrogen-bond donors (Lipinski definition) is 0. The third-order valence-corrected chi connectivity index (χ3v) is 6.34. The van der Waals surface area contributed by atoms with Crippen LogP contribution >= 0.6 is 15.9 Å². The summed E-state index contributed by atoms with van der Waals surface area (Å²) in [6, 6.07) is 4.83. The van der Waals surface area contributed by atoms with Crippen molar-refractivity contribution < 1.29 is 28.7 Å². The van der Waals surface area contributed by atoms with Gasteiger partial charge in [-0.1, -0.05) is 34.1 Å². The van der Waals surface area contributed by atoms with Crippen molar-refractivity contribution in [1.29, 1.82) is 0 Å². The summed E-state index contributed by atoms with van der Waals surface area (Å²) in [5, 5.41) is 0. The first-order valence-electron chi connectivity index (χ1n) is 9.13. The Bertz CT molecular complexity index is 926. The maximum Gasteiger partial charge on any atom is 0.325 e. The number of likely N-dealkylation sites (tertiary alicyclic amines) is 1. The van der Waals surface area contributed by atoms with Gasteiger partial charge in [0.25, 0.3) is 0 Å². The minimum Gasteiger partial charge on any atom is -0.468 e. The molecule has 0 bridgehead atoms. The molecule has 3 heterocycles. The molecule has 0 saturated carbocycles. The summed E-state index contributed by atoms with van der Waals surface area (Å²) >= 11 is 3.45. The second kappa shape index (κ2) is 6.98. The molecular formula is C20H19BrN2O6. The molecule has 0 aliphatic carbocycles. The average Bonchev–Trinajstić information content (AvgIpc) is 3.24. The Morgan fingerprint density at radius 3 is 2.31 bits per heavy atom. The van der Waals surface area contributed by atoms with Crippen LogP contribution in [0.5, 0.6) is 0 Å². The third-order valence-electron chi connectivity index (χ3n) is 5.85. The number of esters is 2. The molecule has 2 amide bonds. The molecule has 3 aliphatic rings. The maximum atomic E-state index is 12.9. The first-order valence-corrected chi connectivity index (χ1v) is 9.92. The number of hydrogen-bond acceptors (Lipinski definition) is 7. The highest BCUT2D eigenvalue weighted by molar-refractivity contribution is 9.10. The van der Waals surface area contributed by atoms with Crippen LogP contribution < -0.4 is 4.90 Å². The molecule has 0 aromatic heterocycles. The van der Waals surface area contributed by atoms with Crippen molar-refractivity contribution in [2.45, 2.75) is 31.5 Å². The standard InChI is InChI=1S/C20H19BrN2O6/c1-28-18(26)20(19(27)29-2)10-15(23-16(24)7-8-17(23)25)22-13-9-12(21)5-3-11(13)4-6-14(20)22/h3-6,9,14-15H,7-8,10H2,1-2H3/t14-,15-/m1/s1. The fourth-order valence-corrected chi connectivity index (χ4v) is 4.92. The Morgan fingerprint density at radius 2 is 1.72 bits per heavy atom. The van der Waals surface area contributed by atoms with Crippen molar-refractivity contribution in [2.24, 2.45) is 5.41 Å². The van der Waals surface area contributed by atoms with E-state index < -0.39 is 29.6 Å². The molecule has 0 N–H and O–H groups in total. The Kier molecular flexibility index (Phi) is 4.72. The van der Waals surface area contributed by atoms with Gasteiger partial charge in [0.05, 0.1) is 20.3 Å². The van der Waals surface area contributed by atoms with E-state index in [2.05, 4.69) is 15.9 Å². The lowest BCUT2D eigenvalue weighted by Gasteiger charge is -2.39. The summed E-state index contributed by atoms with van der Waals surface area (Å²) in [5.74, 6) is -2.17. The minimum absolute atomic E-state index is 0.106. The first-order chi connectivity index (χ1) is 13.8. The lowest BCUT2D eigenvalue weighted by molar-refractivity contribution is -0.169. The van der Waals surface area contributed by atoms with Crippen LogP contribution in [0.25, 0.3) is 6.08 Å². The summed E-state index contributed by atoms with van der Waals surface area (Å²) in [6.07, 6.45) is 2.86. The molecule has 8 nitrogen and oxygen atoms in total. The zero-order valence-electron chi connectivity index (χ0n) is 15.9. The Hall–Kier alpha value is -2.68. The zero-order chi connectivity index (χ0) is 20.9. The van der Waals surface area contributed by atoms with Crippen molar-refractivity contribution in [1.82, 2.24) is 4.90 Å². The monoisotopic (exact) mass is 462 g/mol. The van der Waals surface area contributed by atoms with Crippen molar-refractivity contribution in [3.63, 3.8) is 0 Å². The van der Waals surface area contributed by atoms with E-state index in [1.807, 2.05) is 24.3 Å². The van der Waals surface area contributed by atoms with E-state index in [4.69, 9.17) is 9.47 Å². The van der Waals surface area contributed by atoms with E-state index >= 15 is 0 Å². The van der Waals surface area contributed by atoms with Crippen molar-refractivity contribution >= 4 is 51.4 Å². The molecule has 0 radical (unpaired) electrons. The van der Waals surface area contributed by atoms with Crippen LogP contribution in [0.2, 0.25) is 0 Å². The molecule has 4 rings (SSSR count). The van der Waals surface area contributed by atoms with Crippen LogP contribution in [0.15, 0.2) is 28.7 Å². The van der Waals surface area contributed by atoms with Gasteiger partial charge in [-0.15, -0.1) is 0 Å². The summed E-state index contributed by atoms with van der Waals surface area (Å²) in [6.45, 7) is 0. The Balaban J connectivity index is 1.93. The highest BCUT2D eigenvalue weighted by Crippen LogP contribution is 2.50. The lowest BCUT2D eigenvalue weighted by atomic mass is 9.78. The van der Waals surface area contributed by atoms with Gasteiger partial charge in [-0.2, -0.15) is 0 Å². The van der Waals surface area contributed by atoms with Crippen molar-refractivity contribution in [3.05, 3.63) is 34.3 Å². The normalized spacial score (nSPS) is 24.4. The van der Waals surface area contributed by atoms with Crippen LogP contribution in [0.4, 0.5) is 5.69 Å². The van der Waals surface area contributed by atoms with Gasteiger partial charge in [0.1, 0.15) is 6.17 Å². The van der Waals surface area contributed by atoms with E-state index in [0.29, 0.717) is 5.69 Å². The van der Waals surface area contributed by atoms with Gasteiger partial charge in [-0.25, -0.2) is 0 Å². The SMILES string of the molecule is COC(=O)C1(C(=O)OC)C[C@@H](N2C(=O)CCC2=O)N2c3cc(Br)ccc3C=C[C@@H]21. The molecule has 1 aromatic carbocycles. The molecule has 152 valence electrons.